The normalized spacial score (nSPS) is 11.3. The lowest BCUT2D eigenvalue weighted by molar-refractivity contribution is 0.876. The van der Waals surface area contributed by atoms with Gasteiger partial charge in [0.15, 0.2) is 0 Å². The van der Waals surface area contributed by atoms with Gasteiger partial charge in [-0.2, -0.15) is 0 Å². The van der Waals surface area contributed by atoms with Gasteiger partial charge in [0.1, 0.15) is 0 Å². The molecular formula is C13H12Cl2. The molecule has 0 saturated carbocycles. The minimum Gasteiger partial charge on any atom is -0.0843 e. The molecule has 0 radical (unpaired) electrons. The molecule has 0 spiro atoms. The molecule has 0 atom stereocenters. The standard InChI is InChI=1S/C13H12Cl2/c1-8(2)10-5-6-13(15)12-7-9(14)3-4-11(10)12/h3-8H,1-2H3. The zero-order valence-corrected chi connectivity index (χ0v) is 10.2. The van der Waals surface area contributed by atoms with Crippen molar-refractivity contribution in [1.82, 2.24) is 0 Å². The second-order valence-electron chi connectivity index (χ2n) is 3.98. The molecule has 0 aliphatic rings. The van der Waals surface area contributed by atoms with Gasteiger partial charge in [-0.3, -0.25) is 0 Å². The smallest absolute Gasteiger partial charge is 0.0485 e. The maximum absolute atomic E-state index is 6.15. The number of rotatable bonds is 1. The van der Waals surface area contributed by atoms with Crippen molar-refractivity contribution in [2.45, 2.75) is 19.8 Å². The van der Waals surface area contributed by atoms with Crippen LogP contribution < -0.4 is 0 Å². The number of halogens is 2. The number of fused-ring (bicyclic) bond motifs is 1. The van der Waals surface area contributed by atoms with E-state index in [2.05, 4.69) is 19.9 Å². The summed E-state index contributed by atoms with van der Waals surface area (Å²) in [6, 6.07) is 9.90. The summed E-state index contributed by atoms with van der Waals surface area (Å²) in [5, 5.41) is 3.72. The van der Waals surface area contributed by atoms with Crippen molar-refractivity contribution < 1.29 is 0 Å². The minimum absolute atomic E-state index is 0.492. The summed E-state index contributed by atoms with van der Waals surface area (Å²) >= 11 is 12.1. The lowest BCUT2D eigenvalue weighted by atomic mass is 9.96. The van der Waals surface area contributed by atoms with Crippen molar-refractivity contribution in [2.75, 3.05) is 0 Å². The van der Waals surface area contributed by atoms with E-state index in [1.54, 1.807) is 0 Å². The maximum atomic E-state index is 6.15. The van der Waals surface area contributed by atoms with E-state index < -0.39 is 0 Å². The summed E-state index contributed by atoms with van der Waals surface area (Å²) < 4.78 is 0. The Morgan fingerprint density at radius 3 is 2.33 bits per heavy atom. The van der Waals surface area contributed by atoms with E-state index >= 15 is 0 Å². The Balaban J connectivity index is 2.82. The Labute approximate surface area is 99.8 Å². The third kappa shape index (κ3) is 1.97. The molecule has 2 rings (SSSR count). The lowest BCUT2D eigenvalue weighted by Gasteiger charge is -2.11. The summed E-state index contributed by atoms with van der Waals surface area (Å²) in [7, 11) is 0. The second-order valence-corrected chi connectivity index (χ2v) is 4.82. The number of benzene rings is 2. The number of hydrogen-bond donors (Lipinski definition) is 0. The third-order valence-electron chi connectivity index (χ3n) is 2.58. The fraction of sp³-hybridized carbons (Fsp3) is 0.231. The van der Waals surface area contributed by atoms with Crippen molar-refractivity contribution in [3.05, 3.63) is 45.9 Å². The summed E-state index contributed by atoms with van der Waals surface area (Å²) in [5.74, 6) is 0.492. The van der Waals surface area contributed by atoms with Crippen LogP contribution >= 0.6 is 23.2 Å². The SMILES string of the molecule is CC(C)c1ccc(Cl)c2cc(Cl)ccc12. The van der Waals surface area contributed by atoms with E-state index in [0.717, 1.165) is 15.4 Å². The quantitative estimate of drug-likeness (QED) is 0.635. The highest BCUT2D eigenvalue weighted by Crippen LogP contribution is 2.32. The molecule has 0 fully saturated rings. The molecular weight excluding hydrogens is 227 g/mol. The van der Waals surface area contributed by atoms with Gasteiger partial charge in [-0.1, -0.05) is 49.2 Å². The Morgan fingerprint density at radius 1 is 0.933 bits per heavy atom. The van der Waals surface area contributed by atoms with Gasteiger partial charge in [0.05, 0.1) is 0 Å². The monoisotopic (exact) mass is 238 g/mol. The van der Waals surface area contributed by atoms with Crippen LogP contribution in [0, 0.1) is 0 Å². The highest BCUT2D eigenvalue weighted by atomic mass is 35.5. The van der Waals surface area contributed by atoms with Crippen molar-refractivity contribution in [3.63, 3.8) is 0 Å². The lowest BCUT2D eigenvalue weighted by Crippen LogP contribution is -1.89. The van der Waals surface area contributed by atoms with Crippen LogP contribution in [-0.4, -0.2) is 0 Å². The first kappa shape index (κ1) is 10.8. The van der Waals surface area contributed by atoms with Crippen molar-refractivity contribution >= 4 is 34.0 Å². The van der Waals surface area contributed by atoms with Gasteiger partial charge < -0.3 is 0 Å². The second kappa shape index (κ2) is 4.03. The van der Waals surface area contributed by atoms with Crippen LogP contribution in [0.5, 0.6) is 0 Å². The first-order chi connectivity index (χ1) is 7.09. The molecule has 0 aromatic heterocycles. The molecule has 2 heteroatoms. The van der Waals surface area contributed by atoms with Crippen molar-refractivity contribution in [2.24, 2.45) is 0 Å². The zero-order chi connectivity index (χ0) is 11.0. The Kier molecular flexibility index (Phi) is 2.90. The molecule has 78 valence electrons. The molecule has 2 aromatic rings. The van der Waals surface area contributed by atoms with Gasteiger partial charge in [-0.25, -0.2) is 0 Å². The molecule has 0 heterocycles. The topological polar surface area (TPSA) is 0 Å². The Bertz CT molecular complexity index is 501. The van der Waals surface area contributed by atoms with E-state index in [0.29, 0.717) is 5.92 Å². The molecule has 2 aromatic carbocycles. The van der Waals surface area contributed by atoms with E-state index in [4.69, 9.17) is 23.2 Å². The molecule has 0 aliphatic carbocycles. The predicted molar refractivity (Wildman–Crippen MR) is 68.1 cm³/mol. The van der Waals surface area contributed by atoms with Crippen LogP contribution in [0.1, 0.15) is 25.3 Å². The predicted octanol–water partition coefficient (Wildman–Crippen LogP) is 5.27. The van der Waals surface area contributed by atoms with E-state index in [1.165, 1.54) is 10.9 Å². The summed E-state index contributed by atoms with van der Waals surface area (Å²) in [6.07, 6.45) is 0. The van der Waals surface area contributed by atoms with Gasteiger partial charge in [-0.05, 0) is 35.1 Å². The van der Waals surface area contributed by atoms with Crippen LogP contribution in [0.25, 0.3) is 10.8 Å². The Morgan fingerprint density at radius 2 is 1.67 bits per heavy atom. The van der Waals surface area contributed by atoms with Gasteiger partial charge in [-0.15, -0.1) is 0 Å². The van der Waals surface area contributed by atoms with E-state index in [9.17, 15) is 0 Å². The molecule has 0 saturated heterocycles. The molecule has 0 N–H and O–H groups in total. The minimum atomic E-state index is 0.492. The van der Waals surface area contributed by atoms with Crippen LogP contribution in [-0.2, 0) is 0 Å². The fourth-order valence-electron chi connectivity index (χ4n) is 1.81. The highest BCUT2D eigenvalue weighted by molar-refractivity contribution is 6.37. The van der Waals surface area contributed by atoms with Crippen molar-refractivity contribution in [1.29, 1.82) is 0 Å². The molecule has 0 amide bonds. The van der Waals surface area contributed by atoms with Gasteiger partial charge in [0, 0.05) is 15.4 Å². The zero-order valence-electron chi connectivity index (χ0n) is 8.72. The first-order valence-corrected chi connectivity index (χ1v) is 5.73. The van der Waals surface area contributed by atoms with Crippen LogP contribution in [0.4, 0.5) is 0 Å². The average molecular weight is 239 g/mol. The van der Waals surface area contributed by atoms with E-state index in [1.807, 2.05) is 24.3 Å². The van der Waals surface area contributed by atoms with Gasteiger partial charge in [0.2, 0.25) is 0 Å². The fourth-order valence-corrected chi connectivity index (χ4v) is 2.20. The Hall–Kier alpha value is -0.720. The molecule has 0 unspecified atom stereocenters. The summed E-state index contributed by atoms with van der Waals surface area (Å²) in [5.41, 5.74) is 1.31. The third-order valence-corrected chi connectivity index (χ3v) is 3.15. The maximum Gasteiger partial charge on any atom is 0.0485 e. The van der Waals surface area contributed by atoms with Gasteiger partial charge >= 0.3 is 0 Å². The van der Waals surface area contributed by atoms with Crippen LogP contribution in [0.15, 0.2) is 30.3 Å². The number of hydrogen-bond acceptors (Lipinski definition) is 0. The first-order valence-electron chi connectivity index (χ1n) is 4.97. The van der Waals surface area contributed by atoms with E-state index in [-0.39, 0.29) is 0 Å². The van der Waals surface area contributed by atoms with Gasteiger partial charge in [0.25, 0.3) is 0 Å². The van der Waals surface area contributed by atoms with Crippen LogP contribution in [0.2, 0.25) is 10.0 Å². The summed E-state index contributed by atoms with van der Waals surface area (Å²) in [4.78, 5) is 0. The van der Waals surface area contributed by atoms with Crippen LogP contribution in [0.3, 0.4) is 0 Å². The average Bonchev–Trinajstić information content (AvgIpc) is 2.19. The molecule has 0 nitrogen and oxygen atoms in total. The van der Waals surface area contributed by atoms with Crippen molar-refractivity contribution in [3.8, 4) is 0 Å². The highest BCUT2D eigenvalue weighted by Gasteiger charge is 2.07. The molecule has 15 heavy (non-hydrogen) atoms. The molecule has 0 aliphatic heterocycles. The molecule has 0 bridgehead atoms. The largest absolute Gasteiger partial charge is 0.0843 e. The summed E-state index contributed by atoms with van der Waals surface area (Å²) in [6.45, 7) is 4.36.